The molecule has 0 atom stereocenters. The predicted octanol–water partition coefficient (Wildman–Crippen LogP) is 3.90. The van der Waals surface area contributed by atoms with Crippen molar-refractivity contribution in [1.29, 1.82) is 0 Å². The SMILES string of the molecule is O=C(Nc1nncs1)c1ccc(NS(=O)(=O)c2cc(Cl)ccc2Cl)cc1. The highest BCUT2D eigenvalue weighted by atomic mass is 35.5. The number of anilines is 2. The van der Waals surface area contributed by atoms with Gasteiger partial charge in [0.1, 0.15) is 10.4 Å². The smallest absolute Gasteiger partial charge is 0.263 e. The van der Waals surface area contributed by atoms with Crippen molar-refractivity contribution in [3.8, 4) is 0 Å². The zero-order chi connectivity index (χ0) is 18.7. The Bertz CT molecular complexity index is 1040. The highest BCUT2D eigenvalue weighted by Crippen LogP contribution is 2.27. The lowest BCUT2D eigenvalue weighted by atomic mass is 10.2. The summed E-state index contributed by atoms with van der Waals surface area (Å²) in [6.45, 7) is 0. The largest absolute Gasteiger partial charge is 0.296 e. The molecule has 0 spiro atoms. The second kappa shape index (κ2) is 7.58. The average Bonchev–Trinajstić information content (AvgIpc) is 3.10. The number of carbonyl (C=O) groups is 1. The minimum absolute atomic E-state index is 0.0509. The maximum Gasteiger partial charge on any atom is 0.263 e. The Balaban J connectivity index is 1.76. The van der Waals surface area contributed by atoms with E-state index >= 15 is 0 Å². The monoisotopic (exact) mass is 428 g/mol. The van der Waals surface area contributed by atoms with Crippen molar-refractivity contribution in [2.24, 2.45) is 0 Å². The highest BCUT2D eigenvalue weighted by Gasteiger charge is 2.19. The van der Waals surface area contributed by atoms with Crippen LogP contribution in [0.1, 0.15) is 10.4 Å². The first kappa shape index (κ1) is 18.6. The van der Waals surface area contributed by atoms with E-state index in [0.717, 1.165) is 0 Å². The summed E-state index contributed by atoms with van der Waals surface area (Å²) in [5.41, 5.74) is 2.10. The summed E-state index contributed by atoms with van der Waals surface area (Å²) in [6.07, 6.45) is 0. The number of benzene rings is 2. The first-order valence-electron chi connectivity index (χ1n) is 7.00. The van der Waals surface area contributed by atoms with Crippen molar-refractivity contribution in [2.45, 2.75) is 4.90 Å². The van der Waals surface area contributed by atoms with E-state index in [-0.39, 0.29) is 26.5 Å². The molecule has 1 aromatic heterocycles. The third kappa shape index (κ3) is 4.31. The second-order valence-corrected chi connectivity index (χ2v) is 8.28. The molecule has 3 aromatic rings. The van der Waals surface area contributed by atoms with Crippen LogP contribution >= 0.6 is 34.5 Å². The van der Waals surface area contributed by atoms with E-state index in [1.165, 1.54) is 59.3 Å². The summed E-state index contributed by atoms with van der Waals surface area (Å²) >= 11 is 13.0. The van der Waals surface area contributed by atoms with Crippen LogP contribution in [0.15, 0.2) is 52.9 Å². The van der Waals surface area contributed by atoms with Crippen molar-refractivity contribution in [2.75, 3.05) is 10.0 Å². The molecule has 0 aliphatic carbocycles. The molecule has 0 bridgehead atoms. The number of amides is 1. The fraction of sp³-hybridized carbons (Fsp3) is 0. The van der Waals surface area contributed by atoms with Gasteiger partial charge in [-0.15, -0.1) is 10.2 Å². The Morgan fingerprint density at radius 1 is 1.08 bits per heavy atom. The molecule has 2 aromatic carbocycles. The standard InChI is InChI=1S/C15H10Cl2N4O3S2/c16-10-3-6-12(17)13(7-10)26(23,24)21-11-4-1-9(2-5-11)14(22)19-15-20-18-8-25-15/h1-8,21H,(H,19,20,22). The highest BCUT2D eigenvalue weighted by molar-refractivity contribution is 7.92. The van der Waals surface area contributed by atoms with E-state index in [2.05, 4.69) is 20.2 Å². The first-order valence-corrected chi connectivity index (χ1v) is 10.1. The lowest BCUT2D eigenvalue weighted by molar-refractivity contribution is 0.102. The molecule has 0 unspecified atom stereocenters. The molecule has 0 saturated heterocycles. The molecule has 0 fully saturated rings. The molecule has 0 radical (unpaired) electrons. The molecule has 0 aliphatic rings. The molecule has 11 heteroatoms. The van der Waals surface area contributed by atoms with Gasteiger partial charge in [0.25, 0.3) is 15.9 Å². The maximum atomic E-state index is 12.5. The summed E-state index contributed by atoms with van der Waals surface area (Å²) in [5, 5.41) is 10.6. The van der Waals surface area contributed by atoms with Crippen molar-refractivity contribution in [1.82, 2.24) is 10.2 Å². The van der Waals surface area contributed by atoms with E-state index in [0.29, 0.717) is 10.7 Å². The van der Waals surface area contributed by atoms with E-state index in [1.54, 1.807) is 0 Å². The van der Waals surface area contributed by atoms with Crippen LogP contribution in [0.4, 0.5) is 10.8 Å². The van der Waals surface area contributed by atoms with Crippen LogP contribution < -0.4 is 10.0 Å². The molecular weight excluding hydrogens is 419 g/mol. The Labute approximate surface area is 163 Å². The van der Waals surface area contributed by atoms with Crippen LogP contribution in [0, 0.1) is 0 Å². The van der Waals surface area contributed by atoms with E-state index < -0.39 is 10.0 Å². The Morgan fingerprint density at radius 2 is 1.81 bits per heavy atom. The normalized spacial score (nSPS) is 11.2. The molecule has 3 rings (SSSR count). The zero-order valence-corrected chi connectivity index (χ0v) is 16.0. The Morgan fingerprint density at radius 3 is 2.46 bits per heavy atom. The molecule has 1 amide bonds. The summed E-state index contributed by atoms with van der Waals surface area (Å²) in [4.78, 5) is 11.9. The topological polar surface area (TPSA) is 101 Å². The number of aromatic nitrogens is 2. The van der Waals surface area contributed by atoms with Crippen LogP contribution in [0.3, 0.4) is 0 Å². The van der Waals surface area contributed by atoms with Gasteiger partial charge in [-0.05, 0) is 42.5 Å². The van der Waals surface area contributed by atoms with Crippen LogP contribution in [0.5, 0.6) is 0 Å². The zero-order valence-electron chi connectivity index (χ0n) is 12.8. The summed E-state index contributed by atoms with van der Waals surface area (Å²) in [7, 11) is -3.92. The van der Waals surface area contributed by atoms with Gasteiger partial charge in [-0.25, -0.2) is 8.42 Å². The lowest BCUT2D eigenvalue weighted by Gasteiger charge is -2.10. The number of nitrogens with zero attached hydrogens (tertiary/aromatic N) is 2. The summed E-state index contributed by atoms with van der Waals surface area (Å²) in [5.74, 6) is -0.381. The molecule has 0 aliphatic heterocycles. The van der Waals surface area contributed by atoms with E-state index in [9.17, 15) is 13.2 Å². The third-order valence-corrected chi connectivity index (χ3v) is 5.87. The van der Waals surface area contributed by atoms with Crippen LogP contribution in [0.25, 0.3) is 0 Å². The third-order valence-electron chi connectivity index (χ3n) is 3.16. The number of carbonyl (C=O) groups excluding carboxylic acids is 1. The van der Waals surface area contributed by atoms with Gasteiger partial charge in [-0.2, -0.15) is 0 Å². The fourth-order valence-electron chi connectivity index (χ4n) is 1.98. The van der Waals surface area contributed by atoms with Crippen molar-refractivity contribution < 1.29 is 13.2 Å². The fourth-order valence-corrected chi connectivity index (χ4v) is 4.24. The maximum absolute atomic E-state index is 12.5. The van der Waals surface area contributed by atoms with Gasteiger partial charge in [-0.1, -0.05) is 34.5 Å². The quantitative estimate of drug-likeness (QED) is 0.641. The van der Waals surface area contributed by atoms with E-state index in [4.69, 9.17) is 23.2 Å². The van der Waals surface area contributed by atoms with Crippen LogP contribution in [0.2, 0.25) is 10.0 Å². The molecule has 7 nitrogen and oxygen atoms in total. The first-order chi connectivity index (χ1) is 12.3. The average molecular weight is 429 g/mol. The number of hydrogen-bond acceptors (Lipinski definition) is 6. The van der Waals surface area contributed by atoms with Gasteiger partial charge in [0.05, 0.1) is 5.02 Å². The van der Waals surface area contributed by atoms with Crippen LogP contribution in [-0.2, 0) is 10.0 Å². The number of hydrogen-bond donors (Lipinski definition) is 2. The number of sulfonamides is 1. The molecule has 134 valence electrons. The Hall–Kier alpha value is -2.20. The molecule has 0 saturated carbocycles. The number of halogens is 2. The van der Waals surface area contributed by atoms with E-state index in [1.807, 2.05) is 0 Å². The second-order valence-electron chi connectivity index (χ2n) is 4.96. The lowest BCUT2D eigenvalue weighted by Crippen LogP contribution is -2.14. The van der Waals surface area contributed by atoms with Gasteiger partial charge in [0.15, 0.2) is 0 Å². The summed E-state index contributed by atoms with van der Waals surface area (Å²) in [6, 6.07) is 10.0. The molecular formula is C15H10Cl2N4O3S2. The number of nitrogens with one attached hydrogen (secondary N) is 2. The minimum atomic E-state index is -3.92. The molecule has 2 N–H and O–H groups in total. The van der Waals surface area contributed by atoms with Crippen molar-refractivity contribution in [3.63, 3.8) is 0 Å². The van der Waals surface area contributed by atoms with Crippen molar-refractivity contribution in [3.05, 3.63) is 63.6 Å². The molecule has 1 heterocycles. The van der Waals surface area contributed by atoms with Gasteiger partial charge in [0, 0.05) is 16.3 Å². The number of rotatable bonds is 5. The molecule has 26 heavy (non-hydrogen) atoms. The predicted molar refractivity (Wildman–Crippen MR) is 102 cm³/mol. The van der Waals surface area contributed by atoms with Gasteiger partial charge in [0.2, 0.25) is 5.13 Å². The summed E-state index contributed by atoms with van der Waals surface area (Å²) < 4.78 is 27.3. The van der Waals surface area contributed by atoms with Crippen molar-refractivity contribution >= 4 is 61.3 Å². The minimum Gasteiger partial charge on any atom is -0.296 e. The van der Waals surface area contributed by atoms with Gasteiger partial charge >= 0.3 is 0 Å². The Kier molecular flexibility index (Phi) is 5.42. The van der Waals surface area contributed by atoms with Crippen LogP contribution in [-0.4, -0.2) is 24.5 Å². The van der Waals surface area contributed by atoms with Gasteiger partial charge < -0.3 is 0 Å². The van der Waals surface area contributed by atoms with Gasteiger partial charge in [-0.3, -0.25) is 14.8 Å².